The van der Waals surface area contributed by atoms with Gasteiger partial charge in [0.15, 0.2) is 6.61 Å². The molecule has 9 heteroatoms. The van der Waals surface area contributed by atoms with Crippen LogP contribution in [0.15, 0.2) is 60.7 Å². The summed E-state index contributed by atoms with van der Waals surface area (Å²) in [5.74, 6) is -1.83. The number of hydrogen-bond acceptors (Lipinski definition) is 7. The lowest BCUT2D eigenvalue weighted by Crippen LogP contribution is -2.40. The molecule has 2 saturated carbocycles. The van der Waals surface area contributed by atoms with Crippen molar-refractivity contribution in [3.05, 3.63) is 81.9 Å². The molecular formula is C26H20N2O7. The van der Waals surface area contributed by atoms with E-state index in [1.807, 2.05) is 0 Å². The van der Waals surface area contributed by atoms with Gasteiger partial charge in [0.25, 0.3) is 5.69 Å². The van der Waals surface area contributed by atoms with Gasteiger partial charge in [0.2, 0.25) is 17.6 Å². The lowest BCUT2D eigenvalue weighted by Gasteiger charge is -2.37. The zero-order valence-corrected chi connectivity index (χ0v) is 18.4. The SMILES string of the molecule is O=C(COC(=O)c1ccccc1N1C(=O)[C@@H]2[C@H]3C=C[C@@H]([C@@H]4C[C@@H]34)[C@@H]2C1=O)c1cccc([N+](=O)[O-])c1. The Labute approximate surface area is 199 Å². The fourth-order valence-electron chi connectivity index (χ4n) is 6.12. The molecule has 2 bridgehead atoms. The number of benzene rings is 2. The van der Waals surface area contributed by atoms with Gasteiger partial charge in [-0.1, -0.05) is 36.4 Å². The largest absolute Gasteiger partial charge is 0.454 e. The van der Waals surface area contributed by atoms with Gasteiger partial charge in [-0.15, -0.1) is 0 Å². The molecule has 2 aromatic carbocycles. The average molecular weight is 472 g/mol. The lowest BCUT2D eigenvalue weighted by atomic mass is 9.63. The Kier molecular flexibility index (Phi) is 4.70. The van der Waals surface area contributed by atoms with Crippen molar-refractivity contribution < 1.29 is 28.8 Å². The molecule has 7 rings (SSSR count). The van der Waals surface area contributed by atoms with Crippen molar-refractivity contribution in [3.63, 3.8) is 0 Å². The highest BCUT2D eigenvalue weighted by Crippen LogP contribution is 2.65. The first kappa shape index (κ1) is 21.4. The van der Waals surface area contributed by atoms with Gasteiger partial charge < -0.3 is 4.74 Å². The van der Waals surface area contributed by atoms with Gasteiger partial charge in [0, 0.05) is 17.7 Å². The Morgan fingerprint density at radius 1 is 0.971 bits per heavy atom. The zero-order valence-electron chi connectivity index (χ0n) is 18.4. The molecule has 6 atom stereocenters. The van der Waals surface area contributed by atoms with E-state index in [4.69, 9.17) is 4.74 Å². The summed E-state index contributed by atoms with van der Waals surface area (Å²) in [6.45, 7) is -0.640. The second-order valence-corrected chi connectivity index (χ2v) is 9.49. The van der Waals surface area contributed by atoms with Crippen LogP contribution in [0.25, 0.3) is 0 Å². The minimum atomic E-state index is -0.862. The number of rotatable bonds is 6. The monoisotopic (exact) mass is 472 g/mol. The number of ketones is 1. The summed E-state index contributed by atoms with van der Waals surface area (Å²) in [6.07, 6.45) is 5.21. The number of para-hydroxylation sites is 1. The van der Waals surface area contributed by atoms with Crippen molar-refractivity contribution in [2.45, 2.75) is 6.42 Å². The summed E-state index contributed by atoms with van der Waals surface area (Å²) < 4.78 is 5.19. The molecule has 3 fully saturated rings. The van der Waals surface area contributed by atoms with Crippen LogP contribution >= 0.6 is 0 Å². The smallest absolute Gasteiger partial charge is 0.340 e. The number of ether oxygens (including phenoxy) is 1. The van der Waals surface area contributed by atoms with E-state index in [0.29, 0.717) is 11.8 Å². The van der Waals surface area contributed by atoms with E-state index in [-0.39, 0.29) is 46.2 Å². The second-order valence-electron chi connectivity index (χ2n) is 9.49. The van der Waals surface area contributed by atoms with Crippen LogP contribution in [0.5, 0.6) is 0 Å². The normalized spacial score (nSPS) is 29.5. The van der Waals surface area contributed by atoms with Gasteiger partial charge in [-0.3, -0.25) is 24.5 Å². The summed E-state index contributed by atoms with van der Waals surface area (Å²) in [4.78, 5) is 63.7. The maximum absolute atomic E-state index is 13.4. The number of carbonyl (C=O) groups excluding carboxylic acids is 4. The van der Waals surface area contributed by atoms with E-state index in [9.17, 15) is 29.3 Å². The van der Waals surface area contributed by atoms with Crippen LogP contribution in [0, 0.1) is 45.6 Å². The molecule has 0 N–H and O–H groups in total. The van der Waals surface area contributed by atoms with Gasteiger partial charge in [0.05, 0.1) is 28.0 Å². The third-order valence-corrected chi connectivity index (χ3v) is 7.74. The molecule has 0 spiro atoms. The number of amides is 2. The first-order valence-electron chi connectivity index (χ1n) is 11.5. The van der Waals surface area contributed by atoms with E-state index >= 15 is 0 Å². The quantitative estimate of drug-likeness (QED) is 0.158. The number of Topliss-reactive ketones (excluding diaryl/α,β-unsaturated/α-hetero) is 1. The van der Waals surface area contributed by atoms with E-state index in [1.165, 1.54) is 30.3 Å². The van der Waals surface area contributed by atoms with Crippen LogP contribution in [0.1, 0.15) is 27.1 Å². The van der Waals surface area contributed by atoms with Gasteiger partial charge in [-0.2, -0.15) is 0 Å². The second kappa shape index (κ2) is 7.69. The predicted octanol–water partition coefficient (Wildman–Crippen LogP) is 3.19. The number of non-ortho nitro benzene ring substituents is 1. The average Bonchev–Trinajstić information content (AvgIpc) is 3.65. The van der Waals surface area contributed by atoms with E-state index in [2.05, 4.69) is 12.2 Å². The molecule has 0 radical (unpaired) electrons. The zero-order chi connectivity index (χ0) is 24.4. The van der Waals surface area contributed by atoms with Crippen molar-refractivity contribution in [1.82, 2.24) is 0 Å². The summed E-state index contributed by atoms with van der Waals surface area (Å²) in [5, 5.41) is 10.9. The van der Waals surface area contributed by atoms with E-state index in [0.717, 1.165) is 17.4 Å². The van der Waals surface area contributed by atoms with Crippen LogP contribution in [0.4, 0.5) is 11.4 Å². The van der Waals surface area contributed by atoms with Crippen molar-refractivity contribution in [3.8, 4) is 0 Å². The Morgan fingerprint density at radius 2 is 1.63 bits per heavy atom. The number of imide groups is 1. The van der Waals surface area contributed by atoms with Crippen molar-refractivity contribution >= 4 is 34.9 Å². The minimum absolute atomic E-state index is 0.00477. The summed E-state index contributed by atoms with van der Waals surface area (Å²) in [7, 11) is 0. The van der Waals surface area contributed by atoms with Gasteiger partial charge >= 0.3 is 5.97 Å². The maximum Gasteiger partial charge on any atom is 0.340 e. The Bertz CT molecular complexity index is 1310. The molecule has 1 aliphatic heterocycles. The number of nitro groups is 1. The van der Waals surface area contributed by atoms with Gasteiger partial charge in [-0.05, 0) is 42.2 Å². The summed E-state index contributed by atoms with van der Waals surface area (Å²) in [6, 6.07) is 11.3. The topological polar surface area (TPSA) is 124 Å². The molecule has 35 heavy (non-hydrogen) atoms. The minimum Gasteiger partial charge on any atom is -0.454 e. The molecule has 1 heterocycles. The molecule has 9 nitrogen and oxygen atoms in total. The molecule has 0 unspecified atom stereocenters. The third kappa shape index (κ3) is 3.22. The number of hydrogen-bond donors (Lipinski definition) is 0. The number of anilines is 1. The molecule has 4 aliphatic carbocycles. The number of carbonyl (C=O) groups is 4. The van der Waals surface area contributed by atoms with Crippen molar-refractivity contribution in [2.75, 3.05) is 11.5 Å². The van der Waals surface area contributed by atoms with E-state index in [1.54, 1.807) is 12.1 Å². The van der Waals surface area contributed by atoms with Crippen LogP contribution in [0.2, 0.25) is 0 Å². The number of nitrogens with zero attached hydrogens (tertiary/aromatic N) is 2. The molecule has 0 aromatic heterocycles. The fourth-order valence-corrected chi connectivity index (χ4v) is 6.12. The molecule has 2 amide bonds. The lowest BCUT2D eigenvalue weighted by molar-refractivity contribution is -0.384. The maximum atomic E-state index is 13.4. The third-order valence-electron chi connectivity index (χ3n) is 7.74. The number of nitro benzene ring substituents is 1. The first-order valence-corrected chi connectivity index (χ1v) is 11.5. The molecule has 5 aliphatic rings. The summed E-state index contributed by atoms with van der Waals surface area (Å²) >= 11 is 0. The van der Waals surface area contributed by atoms with Crippen LogP contribution in [-0.4, -0.2) is 35.1 Å². The Balaban J connectivity index is 1.22. The number of allylic oxidation sites excluding steroid dienone is 2. The highest BCUT2D eigenvalue weighted by atomic mass is 16.6. The fraction of sp³-hybridized carbons (Fsp3) is 0.308. The molecule has 176 valence electrons. The Morgan fingerprint density at radius 3 is 2.29 bits per heavy atom. The Hall–Kier alpha value is -4.14. The number of esters is 1. The standard InChI is InChI=1S/C26H20N2O7/c29-21(13-4-3-5-14(10-13)28(33)34)12-35-26(32)17-6-1-2-7-20(17)27-24(30)22-15-8-9-16(19-11-18(15)19)23(22)25(27)31/h1-10,15-16,18-19,22-23H,11-12H2/t15-,16-,18-,19-,22-,23+/m0/s1. The van der Waals surface area contributed by atoms with Crippen LogP contribution in [0.3, 0.4) is 0 Å². The highest BCUT2D eigenvalue weighted by molar-refractivity contribution is 6.24. The van der Waals surface area contributed by atoms with Gasteiger partial charge in [-0.25, -0.2) is 9.69 Å². The molecule has 2 aromatic rings. The molecule has 1 saturated heterocycles. The first-order chi connectivity index (χ1) is 16.9. The summed E-state index contributed by atoms with van der Waals surface area (Å²) in [5.41, 5.74) is -0.0557. The van der Waals surface area contributed by atoms with E-state index < -0.39 is 35.1 Å². The van der Waals surface area contributed by atoms with Crippen LogP contribution < -0.4 is 4.90 Å². The van der Waals surface area contributed by atoms with Gasteiger partial charge in [0.1, 0.15) is 0 Å². The van der Waals surface area contributed by atoms with Crippen molar-refractivity contribution in [1.29, 1.82) is 0 Å². The van der Waals surface area contributed by atoms with Crippen molar-refractivity contribution in [2.24, 2.45) is 35.5 Å². The highest BCUT2D eigenvalue weighted by Gasteiger charge is 2.67. The predicted molar refractivity (Wildman–Crippen MR) is 121 cm³/mol. The van der Waals surface area contributed by atoms with Crippen LogP contribution in [-0.2, 0) is 14.3 Å². The molecular weight excluding hydrogens is 452 g/mol.